The van der Waals surface area contributed by atoms with E-state index in [2.05, 4.69) is 65.8 Å². The third-order valence-corrected chi connectivity index (χ3v) is 2.84. The van der Waals surface area contributed by atoms with Crippen LogP contribution in [0.2, 0.25) is 0 Å². The van der Waals surface area contributed by atoms with Crippen molar-refractivity contribution in [3.8, 4) is 0 Å². The molecule has 1 heteroatoms. The largest absolute Gasteiger partial charge is 0.309 e. The van der Waals surface area contributed by atoms with Gasteiger partial charge in [0.15, 0.2) is 0 Å². The highest BCUT2D eigenvalue weighted by Gasteiger charge is 2.16. The summed E-state index contributed by atoms with van der Waals surface area (Å²) in [6.45, 7) is 12.4. The molecule has 0 aliphatic heterocycles. The predicted molar refractivity (Wildman–Crippen MR) is 79.4 cm³/mol. The molecule has 0 aliphatic carbocycles. The average Bonchev–Trinajstić information content (AvgIpc) is 2.12. The minimum Gasteiger partial charge on any atom is -0.309 e. The normalized spacial score (nSPS) is 13.1. The lowest BCUT2D eigenvalue weighted by atomic mass is 9.87. The number of allylic oxidation sites excluding steroid dienone is 4. The van der Waals surface area contributed by atoms with Gasteiger partial charge in [-0.15, -0.1) is 0 Å². The van der Waals surface area contributed by atoms with E-state index in [0.717, 1.165) is 6.54 Å². The summed E-state index contributed by atoms with van der Waals surface area (Å²) in [6, 6.07) is 0. The van der Waals surface area contributed by atoms with E-state index in [1.54, 1.807) is 0 Å². The van der Waals surface area contributed by atoms with Crippen LogP contribution in [0.25, 0.3) is 0 Å². The SMILES string of the molecule is CC(C)=CCCC(C)=CCC(C)(C)CN(C)C. The highest BCUT2D eigenvalue weighted by molar-refractivity contribution is 5.03. The minimum atomic E-state index is 0.376. The molecule has 1 nitrogen and oxygen atoms in total. The van der Waals surface area contributed by atoms with E-state index >= 15 is 0 Å². The van der Waals surface area contributed by atoms with Gasteiger partial charge >= 0.3 is 0 Å². The minimum absolute atomic E-state index is 0.376. The van der Waals surface area contributed by atoms with Crippen LogP contribution >= 0.6 is 0 Å². The number of hydrogen-bond donors (Lipinski definition) is 0. The van der Waals surface area contributed by atoms with Crippen LogP contribution < -0.4 is 0 Å². The molecule has 0 bridgehead atoms. The van der Waals surface area contributed by atoms with Crippen molar-refractivity contribution < 1.29 is 0 Å². The first-order valence-corrected chi connectivity index (χ1v) is 6.67. The lowest BCUT2D eigenvalue weighted by Crippen LogP contribution is -2.28. The fourth-order valence-corrected chi connectivity index (χ4v) is 2.06. The van der Waals surface area contributed by atoms with Gasteiger partial charge in [0.2, 0.25) is 0 Å². The lowest BCUT2D eigenvalue weighted by molar-refractivity contribution is 0.242. The molecule has 0 spiro atoms. The summed E-state index contributed by atoms with van der Waals surface area (Å²) in [7, 11) is 4.29. The zero-order chi connectivity index (χ0) is 13.5. The van der Waals surface area contributed by atoms with Gasteiger partial charge in [-0.05, 0) is 59.5 Å². The van der Waals surface area contributed by atoms with Gasteiger partial charge < -0.3 is 4.90 Å². The third-order valence-electron chi connectivity index (χ3n) is 2.84. The fraction of sp³-hybridized carbons (Fsp3) is 0.750. The zero-order valence-corrected chi connectivity index (χ0v) is 12.9. The van der Waals surface area contributed by atoms with Gasteiger partial charge in [-0.25, -0.2) is 0 Å². The van der Waals surface area contributed by atoms with Gasteiger partial charge in [-0.2, -0.15) is 0 Å². The van der Waals surface area contributed by atoms with E-state index in [1.807, 2.05) is 0 Å². The smallest absolute Gasteiger partial charge is 0.00295 e. The van der Waals surface area contributed by atoms with Gasteiger partial charge in [0.05, 0.1) is 0 Å². The Kier molecular flexibility index (Phi) is 7.45. The van der Waals surface area contributed by atoms with Gasteiger partial charge in [0.1, 0.15) is 0 Å². The molecule has 0 saturated heterocycles. The van der Waals surface area contributed by atoms with E-state index in [1.165, 1.54) is 30.4 Å². The monoisotopic (exact) mass is 237 g/mol. The molecule has 0 N–H and O–H groups in total. The summed E-state index contributed by atoms with van der Waals surface area (Å²) in [5.74, 6) is 0. The molecule has 0 saturated carbocycles. The second kappa shape index (κ2) is 7.71. The third kappa shape index (κ3) is 10.3. The summed E-state index contributed by atoms with van der Waals surface area (Å²) >= 11 is 0. The van der Waals surface area contributed by atoms with E-state index in [0.29, 0.717) is 5.41 Å². The van der Waals surface area contributed by atoms with Gasteiger partial charge in [0, 0.05) is 6.54 Å². The maximum atomic E-state index is 2.42. The average molecular weight is 237 g/mol. The summed E-state index contributed by atoms with van der Waals surface area (Å²) in [5, 5.41) is 0. The Morgan fingerprint density at radius 3 is 2.12 bits per heavy atom. The standard InChI is InChI=1S/C16H31N/c1-14(2)9-8-10-15(3)11-12-16(4,5)13-17(6)7/h9,11H,8,10,12-13H2,1-7H3. The first-order valence-electron chi connectivity index (χ1n) is 6.67. The molecule has 17 heavy (non-hydrogen) atoms. The number of hydrogen-bond acceptors (Lipinski definition) is 1. The van der Waals surface area contributed by atoms with Crippen LogP contribution in [0.1, 0.15) is 53.9 Å². The maximum absolute atomic E-state index is 2.42. The first-order chi connectivity index (χ1) is 7.73. The van der Waals surface area contributed by atoms with Crippen molar-refractivity contribution in [1.82, 2.24) is 4.90 Å². The number of nitrogens with zero attached hydrogens (tertiary/aromatic N) is 1. The van der Waals surface area contributed by atoms with Crippen molar-refractivity contribution in [1.29, 1.82) is 0 Å². The summed E-state index contributed by atoms with van der Waals surface area (Å²) in [4.78, 5) is 2.27. The highest BCUT2D eigenvalue weighted by atomic mass is 15.1. The molecule has 100 valence electrons. The van der Waals surface area contributed by atoms with Gasteiger partial charge in [0.25, 0.3) is 0 Å². The van der Waals surface area contributed by atoms with E-state index in [9.17, 15) is 0 Å². The maximum Gasteiger partial charge on any atom is 0.00295 e. The number of rotatable bonds is 7. The molecule has 0 amide bonds. The molecule has 0 fully saturated rings. The molecule has 0 aliphatic rings. The predicted octanol–water partition coefficient (Wildman–Crippen LogP) is 4.66. The summed E-state index contributed by atoms with van der Waals surface area (Å²) in [5.41, 5.74) is 3.32. The molecule has 0 rings (SSSR count). The summed E-state index contributed by atoms with van der Waals surface area (Å²) < 4.78 is 0. The highest BCUT2D eigenvalue weighted by Crippen LogP contribution is 2.23. The van der Waals surface area contributed by atoms with E-state index in [-0.39, 0.29) is 0 Å². The Balaban J connectivity index is 4.09. The van der Waals surface area contributed by atoms with Crippen molar-refractivity contribution in [3.05, 3.63) is 23.3 Å². The molecule has 0 radical (unpaired) electrons. The van der Waals surface area contributed by atoms with Crippen LogP contribution in [0, 0.1) is 5.41 Å². The first kappa shape index (κ1) is 16.4. The van der Waals surface area contributed by atoms with Crippen molar-refractivity contribution in [2.24, 2.45) is 5.41 Å². The van der Waals surface area contributed by atoms with Crippen molar-refractivity contribution in [2.75, 3.05) is 20.6 Å². The molecule has 0 aromatic rings. The van der Waals surface area contributed by atoms with E-state index in [4.69, 9.17) is 0 Å². The topological polar surface area (TPSA) is 3.24 Å². The quantitative estimate of drug-likeness (QED) is 0.582. The Hall–Kier alpha value is -0.560. The molecular weight excluding hydrogens is 206 g/mol. The zero-order valence-electron chi connectivity index (χ0n) is 12.9. The molecule has 0 unspecified atom stereocenters. The van der Waals surface area contributed by atoms with Crippen LogP contribution in [-0.4, -0.2) is 25.5 Å². The van der Waals surface area contributed by atoms with Gasteiger partial charge in [-0.1, -0.05) is 37.1 Å². The Labute approximate surface area is 109 Å². The van der Waals surface area contributed by atoms with Gasteiger partial charge in [-0.3, -0.25) is 0 Å². The molecule has 0 aromatic carbocycles. The van der Waals surface area contributed by atoms with Crippen LogP contribution in [0.3, 0.4) is 0 Å². The lowest BCUT2D eigenvalue weighted by Gasteiger charge is -2.27. The Morgan fingerprint density at radius 1 is 1.06 bits per heavy atom. The Bertz CT molecular complexity index is 265. The van der Waals surface area contributed by atoms with Crippen LogP contribution in [0.15, 0.2) is 23.3 Å². The van der Waals surface area contributed by atoms with Crippen LogP contribution in [0.5, 0.6) is 0 Å². The van der Waals surface area contributed by atoms with Crippen molar-refractivity contribution in [2.45, 2.75) is 53.9 Å². The molecular formula is C16H31N. The van der Waals surface area contributed by atoms with Crippen molar-refractivity contribution in [3.63, 3.8) is 0 Å². The second-order valence-electron chi connectivity index (χ2n) is 6.48. The van der Waals surface area contributed by atoms with E-state index < -0.39 is 0 Å². The Morgan fingerprint density at radius 2 is 1.65 bits per heavy atom. The van der Waals surface area contributed by atoms with Crippen molar-refractivity contribution >= 4 is 0 Å². The molecule has 0 atom stereocenters. The molecule has 0 heterocycles. The van der Waals surface area contributed by atoms with Crippen LogP contribution in [-0.2, 0) is 0 Å². The molecule has 0 aromatic heterocycles. The van der Waals surface area contributed by atoms with Crippen LogP contribution in [0.4, 0.5) is 0 Å². The fourth-order valence-electron chi connectivity index (χ4n) is 2.06. The second-order valence-corrected chi connectivity index (χ2v) is 6.48. The summed E-state index contributed by atoms with van der Waals surface area (Å²) in [6.07, 6.45) is 8.29.